The number of amides is 1. The standard InChI is InChI=1S/C19H18F2N4O/c20-19(21)8-9-23-10-16(19)12-4-6-14(7-5-12)25-11-13-2-1-3-15(18(22)26)17(13)24-25/h1-7,11,16,23H,8-10H2,(H2,22,26)/t16-/m0/s1/i16D. The number of aromatic nitrogens is 2. The number of rotatable bonds is 3. The summed E-state index contributed by atoms with van der Waals surface area (Å²) in [5.74, 6) is -5.67. The van der Waals surface area contributed by atoms with Gasteiger partial charge in [-0.15, -0.1) is 0 Å². The maximum Gasteiger partial charge on any atom is 0.257 e. The zero-order valence-electron chi connectivity index (χ0n) is 14.9. The summed E-state index contributed by atoms with van der Waals surface area (Å²) in [6, 6.07) is 11.5. The molecule has 0 radical (unpaired) electrons. The van der Waals surface area contributed by atoms with E-state index in [1.165, 1.54) is 12.1 Å². The van der Waals surface area contributed by atoms with Gasteiger partial charge in [0.05, 0.1) is 17.1 Å². The predicted molar refractivity (Wildman–Crippen MR) is 94.8 cm³/mol. The summed E-state index contributed by atoms with van der Waals surface area (Å²) >= 11 is 0. The van der Waals surface area contributed by atoms with Gasteiger partial charge >= 0.3 is 0 Å². The molecule has 0 saturated carbocycles. The number of halogens is 2. The van der Waals surface area contributed by atoms with Crippen LogP contribution in [0.1, 0.15) is 29.6 Å². The number of piperidine rings is 1. The highest BCUT2D eigenvalue weighted by Gasteiger charge is 2.42. The molecule has 0 unspecified atom stereocenters. The van der Waals surface area contributed by atoms with E-state index in [9.17, 15) is 13.6 Å². The summed E-state index contributed by atoms with van der Waals surface area (Å²) in [6.07, 6.45) is 1.38. The predicted octanol–water partition coefficient (Wildman–Crippen LogP) is 2.84. The molecule has 0 spiro atoms. The van der Waals surface area contributed by atoms with Crippen LogP contribution >= 0.6 is 0 Å². The van der Waals surface area contributed by atoms with Gasteiger partial charge in [0.25, 0.3) is 11.8 Å². The third-order valence-corrected chi connectivity index (χ3v) is 4.64. The highest BCUT2D eigenvalue weighted by atomic mass is 19.3. The van der Waals surface area contributed by atoms with E-state index in [-0.39, 0.29) is 25.1 Å². The van der Waals surface area contributed by atoms with Crippen molar-refractivity contribution in [1.29, 1.82) is 0 Å². The molecular weight excluding hydrogens is 338 g/mol. The molecule has 134 valence electrons. The number of carbonyl (C=O) groups excluding carboxylic acids is 1. The van der Waals surface area contributed by atoms with Crippen molar-refractivity contribution >= 4 is 16.8 Å². The largest absolute Gasteiger partial charge is 0.366 e. The highest BCUT2D eigenvalue weighted by Crippen LogP contribution is 2.38. The quantitative estimate of drug-likeness (QED) is 0.757. The summed E-state index contributed by atoms with van der Waals surface area (Å²) in [5, 5.41) is 8.03. The van der Waals surface area contributed by atoms with Gasteiger partial charge in [0.15, 0.2) is 0 Å². The van der Waals surface area contributed by atoms with Crippen LogP contribution < -0.4 is 11.1 Å². The Labute approximate surface area is 150 Å². The fraction of sp³-hybridized carbons (Fsp3) is 0.263. The molecule has 1 aliphatic rings. The smallest absolute Gasteiger partial charge is 0.257 e. The maximum atomic E-state index is 14.3. The van der Waals surface area contributed by atoms with Crippen molar-refractivity contribution in [3.8, 4) is 5.69 Å². The Kier molecular flexibility index (Phi) is 3.67. The van der Waals surface area contributed by atoms with Crippen LogP contribution in [0.5, 0.6) is 0 Å². The number of nitrogens with zero attached hydrogens (tertiary/aromatic N) is 2. The molecular formula is C19H18F2N4O. The molecule has 1 fully saturated rings. The van der Waals surface area contributed by atoms with Gasteiger partial charge in [0.2, 0.25) is 0 Å². The van der Waals surface area contributed by atoms with E-state index in [1.54, 1.807) is 35.1 Å². The Morgan fingerprint density at radius 1 is 1.31 bits per heavy atom. The summed E-state index contributed by atoms with van der Waals surface area (Å²) in [4.78, 5) is 11.6. The molecule has 5 nitrogen and oxygen atoms in total. The molecule has 0 bridgehead atoms. The summed E-state index contributed by atoms with van der Waals surface area (Å²) in [7, 11) is 0. The minimum Gasteiger partial charge on any atom is -0.366 e. The van der Waals surface area contributed by atoms with Crippen molar-refractivity contribution < 1.29 is 14.9 Å². The minimum atomic E-state index is -3.10. The van der Waals surface area contributed by atoms with Gasteiger partial charge in [0, 0.05) is 32.5 Å². The van der Waals surface area contributed by atoms with Gasteiger partial charge in [0.1, 0.15) is 5.52 Å². The normalized spacial score (nSPS) is 22.9. The van der Waals surface area contributed by atoms with Crippen LogP contribution in [0.2, 0.25) is 0 Å². The first-order valence-electron chi connectivity index (χ1n) is 8.79. The van der Waals surface area contributed by atoms with E-state index in [0.717, 1.165) is 5.39 Å². The lowest BCUT2D eigenvalue weighted by Crippen LogP contribution is -2.42. The molecule has 3 N–H and O–H groups in total. The summed E-state index contributed by atoms with van der Waals surface area (Å²) in [6.45, 7) is 0.0980. The number of alkyl halides is 2. The SMILES string of the molecule is [2H][C@@]1(c2ccc(-n3cc4cccc(C(N)=O)c4n3)cc2)CNCCC1(F)F. The first kappa shape index (κ1) is 15.5. The second-order valence-corrected chi connectivity index (χ2v) is 6.34. The zero-order chi connectivity index (χ0) is 19.2. The second kappa shape index (κ2) is 6.17. The fourth-order valence-corrected chi connectivity index (χ4v) is 3.24. The van der Waals surface area contributed by atoms with Crippen LogP contribution in [-0.2, 0) is 0 Å². The van der Waals surface area contributed by atoms with Crippen molar-refractivity contribution in [3.05, 3.63) is 59.8 Å². The Bertz CT molecular complexity index is 1020. The number of primary amides is 1. The lowest BCUT2D eigenvalue weighted by atomic mass is 9.88. The molecule has 3 aromatic rings. The molecule has 1 amide bonds. The van der Waals surface area contributed by atoms with Crippen molar-refractivity contribution in [2.45, 2.75) is 18.2 Å². The van der Waals surface area contributed by atoms with Crippen LogP contribution in [0.4, 0.5) is 8.78 Å². The summed E-state index contributed by atoms with van der Waals surface area (Å²) in [5.41, 5.74) is 7.07. The Hall–Kier alpha value is -2.80. The van der Waals surface area contributed by atoms with Crippen LogP contribution in [0.3, 0.4) is 0 Å². The van der Waals surface area contributed by atoms with Gasteiger partial charge < -0.3 is 11.1 Å². The van der Waals surface area contributed by atoms with Crippen molar-refractivity contribution in [1.82, 2.24) is 15.1 Å². The topological polar surface area (TPSA) is 72.9 Å². The minimum absolute atomic E-state index is 0.104. The highest BCUT2D eigenvalue weighted by molar-refractivity contribution is 6.04. The molecule has 1 aliphatic heterocycles. The van der Waals surface area contributed by atoms with Crippen LogP contribution in [0.15, 0.2) is 48.7 Å². The molecule has 4 rings (SSSR count). The third-order valence-electron chi connectivity index (χ3n) is 4.64. The maximum absolute atomic E-state index is 14.3. The number of carbonyl (C=O) groups is 1. The second-order valence-electron chi connectivity index (χ2n) is 6.34. The molecule has 26 heavy (non-hydrogen) atoms. The number of nitrogens with two attached hydrogens (primary N) is 1. The summed E-state index contributed by atoms with van der Waals surface area (Å²) < 4.78 is 38.5. The van der Waals surface area contributed by atoms with E-state index < -0.39 is 17.7 Å². The molecule has 2 aromatic carbocycles. The fourth-order valence-electron chi connectivity index (χ4n) is 3.24. The Morgan fingerprint density at radius 3 is 2.77 bits per heavy atom. The molecule has 1 atom stereocenters. The first-order valence-corrected chi connectivity index (χ1v) is 8.29. The average Bonchev–Trinajstić information content (AvgIpc) is 3.08. The van der Waals surface area contributed by atoms with Gasteiger partial charge in [-0.1, -0.05) is 24.3 Å². The van der Waals surface area contributed by atoms with Gasteiger partial charge in [-0.3, -0.25) is 4.79 Å². The monoisotopic (exact) mass is 357 g/mol. The van der Waals surface area contributed by atoms with Crippen molar-refractivity contribution in [3.63, 3.8) is 0 Å². The van der Waals surface area contributed by atoms with E-state index in [2.05, 4.69) is 10.4 Å². The van der Waals surface area contributed by atoms with E-state index in [4.69, 9.17) is 7.10 Å². The number of benzene rings is 2. The third kappa shape index (κ3) is 2.84. The lowest BCUT2D eigenvalue weighted by molar-refractivity contribution is -0.0479. The molecule has 7 heteroatoms. The number of nitrogens with one attached hydrogen (secondary N) is 1. The molecule has 2 heterocycles. The number of fused-ring (bicyclic) bond motifs is 1. The van der Waals surface area contributed by atoms with Gasteiger partial charge in [-0.25, -0.2) is 13.5 Å². The lowest BCUT2D eigenvalue weighted by Gasteiger charge is -2.32. The van der Waals surface area contributed by atoms with Crippen molar-refractivity contribution in [2.24, 2.45) is 5.73 Å². The zero-order valence-corrected chi connectivity index (χ0v) is 13.9. The molecule has 0 aliphatic carbocycles. The molecule has 1 aromatic heterocycles. The Morgan fingerprint density at radius 2 is 2.08 bits per heavy atom. The van der Waals surface area contributed by atoms with E-state index in [1.807, 2.05) is 6.07 Å². The van der Waals surface area contributed by atoms with E-state index >= 15 is 0 Å². The van der Waals surface area contributed by atoms with Crippen LogP contribution in [0.25, 0.3) is 16.6 Å². The van der Waals surface area contributed by atoms with Crippen molar-refractivity contribution in [2.75, 3.05) is 13.1 Å². The van der Waals surface area contributed by atoms with Crippen LogP contribution in [-0.4, -0.2) is 34.7 Å². The average molecular weight is 357 g/mol. The first-order chi connectivity index (χ1) is 12.8. The van der Waals surface area contributed by atoms with Gasteiger partial charge in [-0.05, 0) is 23.8 Å². The van der Waals surface area contributed by atoms with Crippen LogP contribution in [0, 0.1) is 0 Å². The number of hydrogen-bond acceptors (Lipinski definition) is 3. The Balaban J connectivity index is 1.72. The van der Waals surface area contributed by atoms with Gasteiger partial charge in [-0.2, -0.15) is 5.10 Å². The number of hydrogen-bond donors (Lipinski definition) is 2. The van der Waals surface area contributed by atoms with E-state index in [0.29, 0.717) is 16.8 Å². The molecule has 1 saturated heterocycles.